The van der Waals surface area contributed by atoms with E-state index < -0.39 is 5.97 Å². The Bertz CT molecular complexity index is 1050. The van der Waals surface area contributed by atoms with Gasteiger partial charge in [0.2, 0.25) is 0 Å². The molecule has 1 fully saturated rings. The van der Waals surface area contributed by atoms with Crippen LogP contribution in [0.25, 0.3) is 11.0 Å². The van der Waals surface area contributed by atoms with Crippen LogP contribution in [-0.2, 0) is 6.42 Å². The molecule has 1 heterocycles. The molecule has 4 rings (SSSR count). The number of aromatic carboxylic acids is 1. The van der Waals surface area contributed by atoms with Gasteiger partial charge < -0.3 is 9.67 Å². The minimum Gasteiger partial charge on any atom is -0.478 e. The van der Waals surface area contributed by atoms with Crippen molar-refractivity contribution in [3.05, 3.63) is 65.0 Å². The maximum Gasteiger partial charge on any atom is 0.335 e. The molecule has 3 aromatic rings. The van der Waals surface area contributed by atoms with E-state index in [0.717, 1.165) is 36.1 Å². The molecule has 0 bridgehead atoms. The van der Waals surface area contributed by atoms with Gasteiger partial charge in [0.15, 0.2) is 0 Å². The molecular weight excluding hydrogens is 360 g/mol. The monoisotopic (exact) mass is 390 g/mol. The van der Waals surface area contributed by atoms with Crippen molar-refractivity contribution < 1.29 is 9.90 Å². The summed E-state index contributed by atoms with van der Waals surface area (Å²) >= 11 is 0. The van der Waals surface area contributed by atoms with Crippen molar-refractivity contribution in [2.75, 3.05) is 0 Å². The number of aryl methyl sites for hydroxylation is 1. The highest BCUT2D eigenvalue weighted by atomic mass is 16.4. The molecular formula is C25H30N2O2. The van der Waals surface area contributed by atoms with Gasteiger partial charge in [-0.15, -0.1) is 0 Å². The van der Waals surface area contributed by atoms with E-state index in [-0.39, 0.29) is 0 Å². The van der Waals surface area contributed by atoms with Gasteiger partial charge in [0.25, 0.3) is 0 Å². The Morgan fingerprint density at radius 3 is 2.55 bits per heavy atom. The largest absolute Gasteiger partial charge is 0.478 e. The highest BCUT2D eigenvalue weighted by Crippen LogP contribution is 2.45. The lowest BCUT2D eigenvalue weighted by atomic mass is 9.70. The highest BCUT2D eigenvalue weighted by molar-refractivity contribution is 5.92. The van der Waals surface area contributed by atoms with E-state index in [9.17, 15) is 9.90 Å². The second-order valence-electron chi connectivity index (χ2n) is 9.64. The Morgan fingerprint density at radius 1 is 1.17 bits per heavy atom. The van der Waals surface area contributed by atoms with E-state index in [2.05, 4.69) is 56.5 Å². The fraction of sp³-hybridized carbons (Fsp3) is 0.440. The lowest BCUT2D eigenvalue weighted by Crippen LogP contribution is -2.30. The Morgan fingerprint density at radius 2 is 1.90 bits per heavy atom. The molecule has 0 radical (unpaired) electrons. The molecule has 0 amide bonds. The van der Waals surface area contributed by atoms with Crippen molar-refractivity contribution in [3.8, 4) is 0 Å². The van der Waals surface area contributed by atoms with E-state index >= 15 is 0 Å². The smallest absolute Gasteiger partial charge is 0.335 e. The van der Waals surface area contributed by atoms with Crippen LogP contribution in [0.4, 0.5) is 0 Å². The Labute approximate surface area is 172 Å². The number of carboxylic acids is 1. The van der Waals surface area contributed by atoms with Crippen molar-refractivity contribution in [3.63, 3.8) is 0 Å². The lowest BCUT2D eigenvalue weighted by molar-refractivity contribution is 0.0697. The third kappa shape index (κ3) is 4.07. The van der Waals surface area contributed by atoms with E-state index in [1.165, 1.54) is 17.5 Å². The van der Waals surface area contributed by atoms with Gasteiger partial charge in [-0.05, 0) is 61.3 Å². The van der Waals surface area contributed by atoms with Crippen molar-refractivity contribution in [1.82, 2.24) is 9.55 Å². The number of fused-ring (bicyclic) bond motifs is 1. The summed E-state index contributed by atoms with van der Waals surface area (Å²) in [6.07, 6.45) is 4.25. The molecule has 2 atom stereocenters. The number of hydrogen-bond donors (Lipinski definition) is 1. The Hall–Kier alpha value is -2.62. The fourth-order valence-corrected chi connectivity index (χ4v) is 5.19. The molecule has 2 unspecified atom stereocenters. The zero-order valence-corrected chi connectivity index (χ0v) is 17.8. The maximum atomic E-state index is 11.5. The van der Waals surface area contributed by atoms with Crippen LogP contribution in [-0.4, -0.2) is 20.6 Å². The molecule has 4 nitrogen and oxygen atoms in total. The quantitative estimate of drug-likeness (QED) is 0.592. The normalized spacial score (nSPS) is 21.4. The molecule has 0 saturated heterocycles. The van der Waals surface area contributed by atoms with Crippen LogP contribution >= 0.6 is 0 Å². The van der Waals surface area contributed by atoms with E-state index in [1.54, 1.807) is 12.1 Å². The first-order chi connectivity index (χ1) is 13.7. The second kappa shape index (κ2) is 7.33. The zero-order chi connectivity index (χ0) is 20.8. The van der Waals surface area contributed by atoms with Gasteiger partial charge in [-0.1, -0.05) is 50.6 Å². The standard InChI is InChI=1S/C25H30N2O2/c1-16-5-7-18(8-6-16)12-23-26-21-13-19(24(28)29)9-10-22(21)27(23)20-11-17(2)14-25(3,4)15-20/h5-10,13,17,20H,11-12,14-15H2,1-4H3,(H,28,29). The van der Waals surface area contributed by atoms with Crippen LogP contribution in [0.2, 0.25) is 0 Å². The summed E-state index contributed by atoms with van der Waals surface area (Å²) < 4.78 is 2.40. The molecule has 4 heteroatoms. The lowest BCUT2D eigenvalue weighted by Gasteiger charge is -2.40. The van der Waals surface area contributed by atoms with Crippen molar-refractivity contribution >= 4 is 17.0 Å². The van der Waals surface area contributed by atoms with E-state index in [0.29, 0.717) is 22.9 Å². The second-order valence-corrected chi connectivity index (χ2v) is 9.64. The summed E-state index contributed by atoms with van der Waals surface area (Å²) in [5.41, 5.74) is 4.89. The predicted molar refractivity (Wildman–Crippen MR) is 117 cm³/mol. The number of nitrogens with zero attached hydrogens (tertiary/aromatic N) is 2. The van der Waals surface area contributed by atoms with Gasteiger partial charge in [-0.25, -0.2) is 9.78 Å². The Balaban J connectivity index is 1.82. The van der Waals surface area contributed by atoms with Gasteiger partial charge in [0.05, 0.1) is 16.6 Å². The molecule has 1 N–H and O–H groups in total. The minimum atomic E-state index is -0.908. The molecule has 152 valence electrons. The SMILES string of the molecule is Cc1ccc(Cc2nc3cc(C(=O)O)ccc3n2C2CC(C)CC(C)(C)C2)cc1. The topological polar surface area (TPSA) is 55.1 Å². The summed E-state index contributed by atoms with van der Waals surface area (Å²) in [7, 11) is 0. The Kier molecular flexibility index (Phi) is 4.97. The van der Waals surface area contributed by atoms with Crippen molar-refractivity contribution in [2.45, 2.75) is 59.4 Å². The molecule has 0 aliphatic heterocycles. The number of benzene rings is 2. The van der Waals surface area contributed by atoms with Crippen LogP contribution in [0, 0.1) is 18.3 Å². The predicted octanol–water partition coefficient (Wildman–Crippen LogP) is 6.02. The third-order valence-electron chi connectivity index (χ3n) is 6.22. The molecule has 0 spiro atoms. The van der Waals surface area contributed by atoms with E-state index in [4.69, 9.17) is 4.98 Å². The molecule has 1 aliphatic rings. The van der Waals surface area contributed by atoms with Crippen molar-refractivity contribution in [2.24, 2.45) is 11.3 Å². The van der Waals surface area contributed by atoms with Gasteiger partial charge in [0, 0.05) is 12.5 Å². The van der Waals surface area contributed by atoms with Gasteiger partial charge in [-0.3, -0.25) is 0 Å². The average molecular weight is 391 g/mol. The van der Waals surface area contributed by atoms with Crippen LogP contribution in [0.15, 0.2) is 42.5 Å². The first-order valence-electron chi connectivity index (χ1n) is 10.5. The average Bonchev–Trinajstić information content (AvgIpc) is 2.98. The summed E-state index contributed by atoms with van der Waals surface area (Å²) in [5, 5.41) is 9.40. The number of rotatable bonds is 4. The summed E-state index contributed by atoms with van der Waals surface area (Å²) in [4.78, 5) is 16.4. The van der Waals surface area contributed by atoms with Crippen molar-refractivity contribution in [1.29, 1.82) is 0 Å². The number of aromatic nitrogens is 2. The fourth-order valence-electron chi connectivity index (χ4n) is 5.19. The van der Waals surface area contributed by atoms with Gasteiger partial charge in [0.1, 0.15) is 5.82 Å². The third-order valence-corrected chi connectivity index (χ3v) is 6.22. The highest BCUT2D eigenvalue weighted by Gasteiger charge is 2.34. The summed E-state index contributed by atoms with van der Waals surface area (Å²) in [6, 6.07) is 14.3. The first kappa shape index (κ1) is 19.7. The minimum absolute atomic E-state index is 0.293. The summed E-state index contributed by atoms with van der Waals surface area (Å²) in [5.74, 6) is 0.780. The van der Waals surface area contributed by atoms with Crippen LogP contribution in [0.3, 0.4) is 0 Å². The number of hydrogen-bond acceptors (Lipinski definition) is 2. The molecule has 1 aromatic heterocycles. The maximum absolute atomic E-state index is 11.5. The van der Waals surface area contributed by atoms with Gasteiger partial charge >= 0.3 is 5.97 Å². The van der Waals surface area contributed by atoms with Crippen LogP contribution < -0.4 is 0 Å². The number of carboxylic acid groups (broad SMARTS) is 1. The number of imidazole rings is 1. The van der Waals surface area contributed by atoms with Gasteiger partial charge in [-0.2, -0.15) is 0 Å². The molecule has 2 aromatic carbocycles. The molecule has 1 aliphatic carbocycles. The zero-order valence-electron chi connectivity index (χ0n) is 17.8. The molecule has 29 heavy (non-hydrogen) atoms. The van der Waals surface area contributed by atoms with Crippen LogP contribution in [0.1, 0.15) is 73.4 Å². The van der Waals surface area contributed by atoms with E-state index in [1.807, 2.05) is 6.07 Å². The van der Waals surface area contributed by atoms with Crippen LogP contribution in [0.5, 0.6) is 0 Å². The molecule has 1 saturated carbocycles. The first-order valence-corrected chi connectivity index (χ1v) is 10.5. The summed E-state index contributed by atoms with van der Waals surface area (Å²) in [6.45, 7) is 9.15. The number of carbonyl (C=O) groups is 1.